The second-order valence-electron chi connectivity index (χ2n) is 5.69. The van der Waals surface area contributed by atoms with Crippen LogP contribution in [0.2, 0.25) is 0 Å². The molecule has 1 saturated heterocycles. The molecule has 0 aliphatic carbocycles. The molecule has 5 nitrogen and oxygen atoms in total. The summed E-state index contributed by atoms with van der Waals surface area (Å²) in [7, 11) is -1.43. The fraction of sp³-hybridized carbons (Fsp3) is 0.278. The largest absolute Gasteiger partial charge is 0.369 e. The van der Waals surface area contributed by atoms with Crippen molar-refractivity contribution in [2.45, 2.75) is 5.75 Å². The molecule has 1 unspecified atom stereocenters. The van der Waals surface area contributed by atoms with E-state index in [-0.39, 0.29) is 5.91 Å². The first-order chi connectivity index (χ1) is 11.7. The predicted octanol–water partition coefficient (Wildman–Crippen LogP) is 1.69. The summed E-state index contributed by atoms with van der Waals surface area (Å²) >= 11 is 0. The van der Waals surface area contributed by atoms with Gasteiger partial charge in [0, 0.05) is 37.4 Å². The molecule has 24 heavy (non-hydrogen) atoms. The van der Waals surface area contributed by atoms with Gasteiger partial charge in [0.05, 0.1) is 5.75 Å². The molecule has 2 aromatic rings. The molecule has 2 aromatic carbocycles. The van der Waals surface area contributed by atoms with Gasteiger partial charge in [0.1, 0.15) is 11.0 Å². The quantitative estimate of drug-likeness (QED) is 0.867. The van der Waals surface area contributed by atoms with Crippen LogP contribution in [0.5, 0.6) is 0 Å². The lowest BCUT2D eigenvalue weighted by atomic mass is 10.2. The van der Waals surface area contributed by atoms with Gasteiger partial charge in [0.25, 0.3) is 5.91 Å². The highest BCUT2D eigenvalue weighted by atomic mass is 32.2. The Balaban J connectivity index is 1.57. The van der Waals surface area contributed by atoms with Gasteiger partial charge in [0.15, 0.2) is 0 Å². The van der Waals surface area contributed by atoms with Crippen LogP contribution < -0.4 is 14.9 Å². The molecule has 1 heterocycles. The van der Waals surface area contributed by atoms with Crippen molar-refractivity contribution in [2.24, 2.45) is 0 Å². The van der Waals surface area contributed by atoms with E-state index in [1.54, 1.807) is 12.1 Å². The van der Waals surface area contributed by atoms with Crippen LogP contribution in [-0.4, -0.2) is 36.3 Å². The number of carbonyl (C=O) groups excluding carboxylic acids is 1. The number of anilines is 1. The third kappa shape index (κ3) is 4.43. The zero-order valence-electron chi connectivity index (χ0n) is 13.4. The molecule has 0 radical (unpaired) electrons. The number of nitrogens with zero attached hydrogens (tertiary/aromatic N) is 1. The summed E-state index contributed by atoms with van der Waals surface area (Å²) in [5, 5.41) is 3.32. The number of hydrogen-bond acceptors (Lipinski definition) is 4. The van der Waals surface area contributed by atoms with Gasteiger partial charge in [-0.3, -0.25) is 9.52 Å². The number of benzene rings is 2. The van der Waals surface area contributed by atoms with Gasteiger partial charge in [-0.05, 0) is 29.8 Å². The Labute approximate surface area is 144 Å². The van der Waals surface area contributed by atoms with E-state index in [4.69, 9.17) is 0 Å². The van der Waals surface area contributed by atoms with E-state index >= 15 is 0 Å². The van der Waals surface area contributed by atoms with Crippen LogP contribution in [0.3, 0.4) is 0 Å². The lowest BCUT2D eigenvalue weighted by molar-refractivity contribution is 0.0983. The summed E-state index contributed by atoms with van der Waals surface area (Å²) in [6.07, 6.45) is 0. The summed E-state index contributed by atoms with van der Waals surface area (Å²) in [4.78, 5) is 14.5. The molecule has 0 spiro atoms. The first-order valence-corrected chi connectivity index (χ1v) is 9.33. The molecule has 2 N–H and O–H groups in total. The smallest absolute Gasteiger partial charge is 0.262 e. The summed E-state index contributed by atoms with van der Waals surface area (Å²) in [5.74, 6) is 0.00181. The zero-order chi connectivity index (χ0) is 16.8. The van der Waals surface area contributed by atoms with Gasteiger partial charge in [-0.15, -0.1) is 0 Å². The van der Waals surface area contributed by atoms with Crippen LogP contribution in [-0.2, 0) is 16.7 Å². The molecule has 1 atom stereocenters. The maximum absolute atomic E-state index is 12.2. The minimum absolute atomic E-state index is 0.309. The molecule has 126 valence electrons. The Bertz CT molecular complexity index is 698. The molecule has 3 rings (SSSR count). The monoisotopic (exact) mass is 343 g/mol. The Hall–Kier alpha value is -2.18. The number of piperazine rings is 1. The van der Waals surface area contributed by atoms with E-state index in [0.717, 1.165) is 37.4 Å². The summed E-state index contributed by atoms with van der Waals surface area (Å²) in [6, 6.07) is 16.9. The van der Waals surface area contributed by atoms with Crippen molar-refractivity contribution in [2.75, 3.05) is 31.1 Å². The Morgan fingerprint density at radius 1 is 1.04 bits per heavy atom. The van der Waals surface area contributed by atoms with Crippen LogP contribution in [0.1, 0.15) is 15.9 Å². The average molecular weight is 343 g/mol. The highest BCUT2D eigenvalue weighted by molar-refractivity contribution is 7.82. The fourth-order valence-corrected chi connectivity index (χ4v) is 3.56. The predicted molar refractivity (Wildman–Crippen MR) is 97.3 cm³/mol. The van der Waals surface area contributed by atoms with E-state index in [2.05, 4.69) is 14.9 Å². The van der Waals surface area contributed by atoms with Gasteiger partial charge in [0.2, 0.25) is 0 Å². The molecule has 0 bridgehead atoms. The molecule has 1 fully saturated rings. The van der Waals surface area contributed by atoms with E-state index in [0.29, 0.717) is 11.3 Å². The van der Waals surface area contributed by atoms with Crippen molar-refractivity contribution < 1.29 is 9.00 Å². The highest BCUT2D eigenvalue weighted by Gasteiger charge is 2.13. The minimum Gasteiger partial charge on any atom is -0.369 e. The number of amides is 1. The van der Waals surface area contributed by atoms with Crippen molar-refractivity contribution >= 4 is 22.6 Å². The minimum atomic E-state index is -1.43. The SMILES string of the molecule is O=C(NS(=O)Cc1ccccc1)c1ccc(N2CCNCC2)cc1. The third-order valence-electron chi connectivity index (χ3n) is 3.96. The number of carbonyl (C=O) groups is 1. The molecule has 1 aliphatic heterocycles. The third-order valence-corrected chi connectivity index (χ3v) is 4.97. The van der Waals surface area contributed by atoms with E-state index in [1.165, 1.54) is 0 Å². The molecule has 1 aliphatic rings. The maximum Gasteiger partial charge on any atom is 0.262 e. The van der Waals surface area contributed by atoms with Crippen LogP contribution in [0, 0.1) is 0 Å². The first-order valence-electron chi connectivity index (χ1n) is 8.01. The van der Waals surface area contributed by atoms with Crippen molar-refractivity contribution in [3.8, 4) is 0 Å². The number of rotatable bonds is 5. The molecule has 0 saturated carbocycles. The second-order valence-corrected chi connectivity index (χ2v) is 6.87. The first kappa shape index (κ1) is 16.7. The Kier molecular flexibility index (Phi) is 5.61. The van der Waals surface area contributed by atoms with Crippen LogP contribution in [0.25, 0.3) is 0 Å². The van der Waals surface area contributed by atoms with Crippen molar-refractivity contribution in [1.29, 1.82) is 0 Å². The van der Waals surface area contributed by atoms with Gasteiger partial charge < -0.3 is 10.2 Å². The van der Waals surface area contributed by atoms with Crippen LogP contribution in [0.15, 0.2) is 54.6 Å². The van der Waals surface area contributed by atoms with E-state index < -0.39 is 11.0 Å². The van der Waals surface area contributed by atoms with Gasteiger partial charge in [-0.1, -0.05) is 30.3 Å². The topological polar surface area (TPSA) is 61.4 Å². The van der Waals surface area contributed by atoms with Crippen LogP contribution in [0.4, 0.5) is 5.69 Å². The van der Waals surface area contributed by atoms with Gasteiger partial charge >= 0.3 is 0 Å². The van der Waals surface area contributed by atoms with Gasteiger partial charge in [-0.2, -0.15) is 0 Å². The Morgan fingerprint density at radius 3 is 2.38 bits per heavy atom. The lowest BCUT2D eigenvalue weighted by Gasteiger charge is -2.29. The van der Waals surface area contributed by atoms with Crippen molar-refractivity contribution in [1.82, 2.24) is 10.0 Å². The standard InChI is InChI=1S/C18H21N3O2S/c22-18(20-24(23)14-15-4-2-1-3-5-15)16-6-8-17(9-7-16)21-12-10-19-11-13-21/h1-9,19H,10-14H2,(H,20,22). The zero-order valence-corrected chi connectivity index (χ0v) is 14.2. The highest BCUT2D eigenvalue weighted by Crippen LogP contribution is 2.16. The van der Waals surface area contributed by atoms with Gasteiger partial charge in [-0.25, -0.2) is 4.21 Å². The molecular formula is C18H21N3O2S. The second kappa shape index (κ2) is 8.08. The molecule has 6 heteroatoms. The normalized spacial score (nSPS) is 15.8. The van der Waals surface area contributed by atoms with Crippen LogP contribution >= 0.6 is 0 Å². The summed E-state index contributed by atoms with van der Waals surface area (Å²) < 4.78 is 14.6. The average Bonchev–Trinajstić information content (AvgIpc) is 2.63. The van der Waals surface area contributed by atoms with Crippen molar-refractivity contribution in [3.63, 3.8) is 0 Å². The number of hydrogen-bond donors (Lipinski definition) is 2. The lowest BCUT2D eigenvalue weighted by Crippen LogP contribution is -2.43. The Morgan fingerprint density at radius 2 is 1.71 bits per heavy atom. The van der Waals surface area contributed by atoms with Crippen molar-refractivity contribution in [3.05, 3.63) is 65.7 Å². The fourth-order valence-electron chi connectivity index (χ4n) is 2.67. The number of nitrogens with one attached hydrogen (secondary N) is 2. The molecular weight excluding hydrogens is 322 g/mol. The summed E-state index contributed by atoms with van der Waals surface area (Å²) in [6.45, 7) is 3.88. The summed E-state index contributed by atoms with van der Waals surface area (Å²) in [5.41, 5.74) is 2.57. The molecule has 1 amide bonds. The van der Waals surface area contributed by atoms with E-state index in [1.807, 2.05) is 42.5 Å². The molecule has 0 aromatic heterocycles. The maximum atomic E-state index is 12.2. The van der Waals surface area contributed by atoms with E-state index in [9.17, 15) is 9.00 Å².